The van der Waals surface area contributed by atoms with Crippen LogP contribution in [0.4, 0.5) is 9.18 Å². The summed E-state index contributed by atoms with van der Waals surface area (Å²) in [6.45, 7) is 6.01. The molecule has 0 unspecified atom stereocenters. The molecule has 21 heavy (non-hydrogen) atoms. The molecule has 0 spiro atoms. The Labute approximate surface area is 122 Å². The predicted octanol–water partition coefficient (Wildman–Crippen LogP) is 1.75. The molecule has 0 bridgehead atoms. The first-order chi connectivity index (χ1) is 9.73. The highest BCUT2D eigenvalue weighted by atomic mass is 19.1. The number of pyridine rings is 1. The maximum atomic E-state index is 14.1. The fraction of sp³-hybridized carbons (Fsp3) is 0.571. The van der Waals surface area contributed by atoms with E-state index in [1.807, 2.05) is 0 Å². The summed E-state index contributed by atoms with van der Waals surface area (Å²) >= 11 is 0. The molecule has 7 heteroatoms. The summed E-state index contributed by atoms with van der Waals surface area (Å²) in [6.07, 6.45) is -0.475. The van der Waals surface area contributed by atoms with Crippen LogP contribution in [0.25, 0.3) is 0 Å². The van der Waals surface area contributed by atoms with E-state index in [-0.39, 0.29) is 18.8 Å². The van der Waals surface area contributed by atoms with Gasteiger partial charge < -0.3 is 18.9 Å². The summed E-state index contributed by atoms with van der Waals surface area (Å²) in [7, 11) is 1.25. The van der Waals surface area contributed by atoms with Gasteiger partial charge in [-0.1, -0.05) is 0 Å². The zero-order valence-corrected chi connectivity index (χ0v) is 12.6. The van der Waals surface area contributed by atoms with Crippen molar-refractivity contribution < 1.29 is 18.7 Å². The third kappa shape index (κ3) is 3.17. The number of halogens is 1. The average molecular weight is 298 g/mol. The molecular weight excluding hydrogens is 279 g/mol. The van der Waals surface area contributed by atoms with Crippen LogP contribution in [-0.4, -0.2) is 34.8 Å². The number of carbonyl (C=O) groups is 1. The van der Waals surface area contributed by atoms with Gasteiger partial charge in [0.25, 0.3) is 0 Å². The average Bonchev–Trinajstić information content (AvgIpc) is 2.36. The summed E-state index contributed by atoms with van der Waals surface area (Å²) < 4.78 is 25.5. The molecule has 2 rings (SSSR count). The number of fused-ring (bicyclic) bond motifs is 1. The van der Waals surface area contributed by atoms with Crippen molar-refractivity contribution in [3.8, 4) is 5.75 Å². The van der Waals surface area contributed by atoms with Crippen molar-refractivity contribution in [1.82, 2.24) is 9.47 Å². The van der Waals surface area contributed by atoms with Crippen LogP contribution in [0.2, 0.25) is 0 Å². The number of hydrogen-bond donors (Lipinski definition) is 0. The van der Waals surface area contributed by atoms with Gasteiger partial charge in [-0.25, -0.2) is 4.79 Å². The van der Waals surface area contributed by atoms with E-state index in [4.69, 9.17) is 9.47 Å². The molecule has 6 nitrogen and oxygen atoms in total. The molecule has 0 atom stereocenters. The molecule has 1 aliphatic heterocycles. The number of methoxy groups -OCH3 is 1. The number of nitrogens with zero attached hydrogens (tertiary/aromatic N) is 2. The van der Waals surface area contributed by atoms with E-state index in [1.165, 1.54) is 22.6 Å². The molecule has 0 saturated heterocycles. The number of rotatable bonds is 1. The normalized spacial score (nSPS) is 14.6. The molecule has 1 amide bonds. The van der Waals surface area contributed by atoms with Gasteiger partial charge in [-0.05, 0) is 20.8 Å². The van der Waals surface area contributed by atoms with Crippen LogP contribution in [0, 0.1) is 5.95 Å². The molecule has 0 radical (unpaired) electrons. The van der Waals surface area contributed by atoms with Crippen LogP contribution in [-0.2, 0) is 17.8 Å². The lowest BCUT2D eigenvalue weighted by Gasteiger charge is -2.32. The number of amides is 1. The Morgan fingerprint density at radius 2 is 2.00 bits per heavy atom. The maximum absolute atomic E-state index is 14.1. The second-order valence-electron chi connectivity index (χ2n) is 5.88. The molecule has 0 saturated carbocycles. The highest BCUT2D eigenvalue weighted by molar-refractivity contribution is 5.68. The molecule has 1 aromatic heterocycles. The first-order valence-electron chi connectivity index (χ1n) is 6.67. The van der Waals surface area contributed by atoms with E-state index in [1.54, 1.807) is 20.8 Å². The van der Waals surface area contributed by atoms with Crippen LogP contribution in [0.3, 0.4) is 0 Å². The Bertz CT molecular complexity index is 619. The van der Waals surface area contributed by atoms with E-state index in [0.29, 0.717) is 12.2 Å². The molecule has 116 valence electrons. The van der Waals surface area contributed by atoms with Gasteiger partial charge in [-0.15, -0.1) is 0 Å². The molecule has 0 aliphatic carbocycles. The van der Waals surface area contributed by atoms with Crippen LogP contribution in [0.5, 0.6) is 5.75 Å². The minimum Gasteiger partial charge on any atom is -0.489 e. The van der Waals surface area contributed by atoms with Crippen molar-refractivity contribution in [2.45, 2.75) is 39.5 Å². The van der Waals surface area contributed by atoms with E-state index in [0.717, 1.165) is 0 Å². The van der Waals surface area contributed by atoms with Gasteiger partial charge in [-0.3, -0.25) is 4.79 Å². The van der Waals surface area contributed by atoms with Gasteiger partial charge in [0.05, 0.1) is 13.7 Å². The quantitative estimate of drug-likeness (QED) is 0.741. The summed E-state index contributed by atoms with van der Waals surface area (Å²) in [5.41, 5.74) is -0.706. The Morgan fingerprint density at radius 3 is 2.57 bits per heavy atom. The first-order valence-corrected chi connectivity index (χ1v) is 6.67. The lowest BCUT2D eigenvalue weighted by molar-refractivity contribution is 0.0192. The smallest absolute Gasteiger partial charge is 0.410 e. The monoisotopic (exact) mass is 298 g/mol. The molecule has 1 aliphatic rings. The maximum Gasteiger partial charge on any atom is 0.410 e. The van der Waals surface area contributed by atoms with Crippen molar-refractivity contribution in [2.24, 2.45) is 0 Å². The van der Waals surface area contributed by atoms with Crippen molar-refractivity contribution in [2.75, 3.05) is 13.7 Å². The van der Waals surface area contributed by atoms with Crippen LogP contribution in [0.1, 0.15) is 26.5 Å². The topological polar surface area (TPSA) is 60.8 Å². The van der Waals surface area contributed by atoms with Gasteiger partial charge in [-0.2, -0.15) is 4.39 Å². The summed E-state index contributed by atoms with van der Waals surface area (Å²) in [6, 6.07) is 1.29. The second kappa shape index (κ2) is 5.38. The van der Waals surface area contributed by atoms with Crippen molar-refractivity contribution >= 4 is 6.09 Å². The first kappa shape index (κ1) is 15.3. The van der Waals surface area contributed by atoms with Gasteiger partial charge >= 0.3 is 6.09 Å². The third-order valence-electron chi connectivity index (χ3n) is 3.09. The third-order valence-corrected chi connectivity index (χ3v) is 3.09. The lowest BCUT2D eigenvalue weighted by Crippen LogP contribution is -2.42. The minimum absolute atomic E-state index is 0.130. The van der Waals surface area contributed by atoms with Gasteiger partial charge in [0.1, 0.15) is 5.60 Å². The van der Waals surface area contributed by atoms with Crippen molar-refractivity contribution in [3.63, 3.8) is 0 Å². The fourth-order valence-corrected chi connectivity index (χ4v) is 2.18. The summed E-state index contributed by atoms with van der Waals surface area (Å²) in [4.78, 5) is 25.2. The Balaban J connectivity index is 2.26. The second-order valence-corrected chi connectivity index (χ2v) is 5.88. The molecule has 0 aromatic carbocycles. The van der Waals surface area contributed by atoms with Gasteiger partial charge in [0, 0.05) is 24.8 Å². The summed E-state index contributed by atoms with van der Waals surface area (Å²) in [5, 5.41) is 0. The van der Waals surface area contributed by atoms with Gasteiger partial charge in [0.15, 0.2) is 0 Å². The van der Waals surface area contributed by atoms with Crippen molar-refractivity contribution in [1.29, 1.82) is 0 Å². The molecule has 2 heterocycles. The SMILES string of the molecule is COc1c(F)n2c(cc1=O)CN(C(=O)OC(C)(C)C)CC2. The predicted molar refractivity (Wildman–Crippen MR) is 73.9 cm³/mol. The highest BCUT2D eigenvalue weighted by Gasteiger charge is 2.28. The number of hydrogen-bond acceptors (Lipinski definition) is 4. The van der Waals surface area contributed by atoms with Crippen LogP contribution in [0.15, 0.2) is 10.9 Å². The number of carbonyl (C=O) groups excluding carboxylic acids is 1. The number of aromatic nitrogens is 1. The summed E-state index contributed by atoms with van der Waals surface area (Å²) in [5.74, 6) is -1.01. The standard InChI is InChI=1S/C14H19FN2O4/c1-14(2,3)21-13(19)16-5-6-17-9(8-16)7-10(18)11(20-4)12(17)15/h7H,5-6,8H2,1-4H3. The zero-order chi connectivity index (χ0) is 15.8. The molecule has 0 fully saturated rings. The van der Waals surface area contributed by atoms with Crippen molar-refractivity contribution in [3.05, 3.63) is 27.9 Å². The minimum atomic E-state index is -0.705. The van der Waals surface area contributed by atoms with E-state index in [2.05, 4.69) is 0 Å². The largest absolute Gasteiger partial charge is 0.489 e. The van der Waals surface area contributed by atoms with Gasteiger partial charge in [0.2, 0.25) is 17.1 Å². The lowest BCUT2D eigenvalue weighted by atomic mass is 10.2. The molecule has 0 N–H and O–H groups in total. The molecule has 1 aromatic rings. The Hall–Kier alpha value is -2.05. The Kier molecular flexibility index (Phi) is 3.93. The van der Waals surface area contributed by atoms with Crippen LogP contribution < -0.4 is 10.2 Å². The highest BCUT2D eigenvalue weighted by Crippen LogP contribution is 2.20. The van der Waals surface area contributed by atoms with E-state index in [9.17, 15) is 14.0 Å². The van der Waals surface area contributed by atoms with Crippen LogP contribution >= 0.6 is 0 Å². The Morgan fingerprint density at radius 1 is 1.33 bits per heavy atom. The fourth-order valence-electron chi connectivity index (χ4n) is 2.18. The van der Waals surface area contributed by atoms with E-state index < -0.39 is 23.1 Å². The number of ether oxygens (including phenoxy) is 2. The van der Waals surface area contributed by atoms with E-state index >= 15 is 0 Å². The molecular formula is C14H19FN2O4. The zero-order valence-electron chi connectivity index (χ0n) is 12.6.